The Hall–Kier alpha value is -2.47. The number of ketones is 1. The molecule has 1 saturated heterocycles. The number of H-pyrrole nitrogens is 1. The highest BCUT2D eigenvalue weighted by molar-refractivity contribution is 6.30. The topological polar surface area (TPSA) is 58.2 Å². The van der Waals surface area contributed by atoms with Crippen LogP contribution in [0.3, 0.4) is 0 Å². The molecule has 30 heavy (non-hydrogen) atoms. The molecule has 6 heteroatoms. The summed E-state index contributed by atoms with van der Waals surface area (Å²) in [5, 5.41) is 0.658. The van der Waals surface area contributed by atoms with Gasteiger partial charge in [0, 0.05) is 42.2 Å². The summed E-state index contributed by atoms with van der Waals surface area (Å²) in [5.74, 6) is 0.748. The van der Waals surface area contributed by atoms with Crippen LogP contribution in [0.25, 0.3) is 22.6 Å². The quantitative estimate of drug-likeness (QED) is 0.551. The number of carbonyl (C=O) groups excluding carboxylic acids is 1. The lowest BCUT2D eigenvalue weighted by Crippen LogP contribution is -2.37. The monoisotopic (exact) mass is 423 g/mol. The van der Waals surface area contributed by atoms with Crippen molar-refractivity contribution >= 4 is 17.4 Å². The number of imidazole rings is 1. The first-order chi connectivity index (χ1) is 14.6. The van der Waals surface area contributed by atoms with Crippen LogP contribution < -0.4 is 0 Å². The van der Waals surface area contributed by atoms with Gasteiger partial charge in [-0.2, -0.15) is 0 Å². The number of ether oxygens (including phenoxy) is 1. The molecule has 0 aliphatic carbocycles. The number of nitrogens with zero attached hydrogens (tertiary/aromatic N) is 2. The van der Waals surface area contributed by atoms with E-state index in [-0.39, 0.29) is 5.78 Å². The summed E-state index contributed by atoms with van der Waals surface area (Å²) >= 11 is 6.02. The zero-order valence-corrected chi connectivity index (χ0v) is 17.9. The van der Waals surface area contributed by atoms with Crippen molar-refractivity contribution in [1.29, 1.82) is 0 Å². The summed E-state index contributed by atoms with van der Waals surface area (Å²) in [6, 6.07) is 15.8. The third kappa shape index (κ3) is 4.81. The van der Waals surface area contributed by atoms with Gasteiger partial charge in [0.25, 0.3) is 0 Å². The number of carbonyl (C=O) groups is 1. The molecule has 156 valence electrons. The van der Waals surface area contributed by atoms with E-state index in [1.54, 1.807) is 0 Å². The summed E-state index contributed by atoms with van der Waals surface area (Å²) in [4.78, 5) is 22.9. The number of aromatic nitrogens is 2. The molecule has 1 aromatic heterocycles. The van der Waals surface area contributed by atoms with Gasteiger partial charge in [0.15, 0.2) is 5.78 Å². The third-order valence-corrected chi connectivity index (χ3v) is 5.72. The number of rotatable bonds is 7. The van der Waals surface area contributed by atoms with E-state index in [9.17, 15) is 4.79 Å². The zero-order valence-electron chi connectivity index (χ0n) is 17.2. The van der Waals surface area contributed by atoms with Crippen LogP contribution in [0.2, 0.25) is 5.02 Å². The number of hydrogen-bond donors (Lipinski definition) is 1. The van der Waals surface area contributed by atoms with Gasteiger partial charge in [-0.05, 0) is 24.1 Å². The van der Waals surface area contributed by atoms with E-state index >= 15 is 0 Å². The number of halogens is 1. The first-order valence-electron chi connectivity index (χ1n) is 10.4. The van der Waals surface area contributed by atoms with Crippen LogP contribution >= 0.6 is 11.6 Å². The fourth-order valence-electron chi connectivity index (χ4n) is 3.65. The van der Waals surface area contributed by atoms with Gasteiger partial charge >= 0.3 is 0 Å². The Bertz CT molecular complexity index is 990. The molecule has 3 aromatic rings. The van der Waals surface area contributed by atoms with Crippen molar-refractivity contribution in [2.24, 2.45) is 0 Å². The van der Waals surface area contributed by atoms with Crippen LogP contribution in [-0.4, -0.2) is 53.5 Å². The van der Waals surface area contributed by atoms with Gasteiger partial charge in [0.1, 0.15) is 11.5 Å². The molecule has 4 rings (SSSR count). The molecule has 0 unspecified atom stereocenters. The molecule has 0 saturated carbocycles. The summed E-state index contributed by atoms with van der Waals surface area (Å²) in [6.07, 6.45) is 1.43. The molecule has 1 aliphatic heterocycles. The molecule has 2 aromatic carbocycles. The van der Waals surface area contributed by atoms with E-state index in [1.807, 2.05) is 31.2 Å². The van der Waals surface area contributed by atoms with Gasteiger partial charge in [-0.25, -0.2) is 4.98 Å². The lowest BCUT2D eigenvalue weighted by molar-refractivity contribution is 0.0384. The van der Waals surface area contributed by atoms with Crippen LogP contribution in [0, 0.1) is 0 Å². The minimum absolute atomic E-state index is 0.0424. The Balaban J connectivity index is 1.54. The third-order valence-electron chi connectivity index (χ3n) is 5.47. The molecule has 0 bridgehead atoms. The van der Waals surface area contributed by atoms with E-state index in [1.165, 1.54) is 5.56 Å². The smallest absolute Gasteiger partial charge is 0.181 e. The van der Waals surface area contributed by atoms with Crippen molar-refractivity contribution in [3.63, 3.8) is 0 Å². The van der Waals surface area contributed by atoms with Gasteiger partial charge in [-0.3, -0.25) is 9.69 Å². The Kier molecular flexibility index (Phi) is 6.62. The highest BCUT2D eigenvalue weighted by Gasteiger charge is 2.18. The second-order valence-electron chi connectivity index (χ2n) is 7.49. The Morgan fingerprint density at radius 1 is 1.07 bits per heavy atom. The number of benzene rings is 2. The van der Waals surface area contributed by atoms with Crippen LogP contribution in [-0.2, 0) is 11.2 Å². The molecule has 0 amide bonds. The lowest BCUT2D eigenvalue weighted by Gasteiger charge is -2.26. The standard InChI is InChI=1S/C24H26ClN3O2/c1-2-21(29)23-22(18-7-9-20(25)10-8-18)26-24(27-23)19-5-3-17(4-6-19)11-12-28-13-15-30-16-14-28/h3-10H,2,11-16H2,1H3,(H,26,27). The van der Waals surface area contributed by atoms with Gasteiger partial charge in [-0.15, -0.1) is 0 Å². The fraction of sp³-hybridized carbons (Fsp3) is 0.333. The molecule has 1 aliphatic rings. The number of aromatic amines is 1. The van der Waals surface area contributed by atoms with Crippen molar-refractivity contribution in [2.75, 3.05) is 32.8 Å². The summed E-state index contributed by atoms with van der Waals surface area (Å²) in [7, 11) is 0. The highest BCUT2D eigenvalue weighted by atomic mass is 35.5. The highest BCUT2D eigenvalue weighted by Crippen LogP contribution is 2.28. The van der Waals surface area contributed by atoms with E-state index < -0.39 is 0 Å². The summed E-state index contributed by atoms with van der Waals surface area (Å²) in [6.45, 7) is 6.56. The van der Waals surface area contributed by atoms with Gasteiger partial charge in [0.2, 0.25) is 0 Å². The Morgan fingerprint density at radius 3 is 2.40 bits per heavy atom. The maximum atomic E-state index is 12.5. The Labute approximate surface area is 182 Å². The number of Topliss-reactive ketones (excluding diaryl/α,β-unsaturated/α-hetero) is 1. The van der Waals surface area contributed by atoms with E-state index in [0.717, 1.165) is 50.4 Å². The molecule has 0 radical (unpaired) electrons. The largest absolute Gasteiger partial charge is 0.379 e. The van der Waals surface area contributed by atoms with Crippen molar-refractivity contribution in [3.8, 4) is 22.6 Å². The van der Waals surface area contributed by atoms with Crippen LogP contribution in [0.15, 0.2) is 48.5 Å². The summed E-state index contributed by atoms with van der Waals surface area (Å²) in [5.41, 5.74) is 4.35. The first-order valence-corrected chi connectivity index (χ1v) is 10.8. The number of nitrogens with one attached hydrogen (secondary N) is 1. The average Bonchev–Trinajstić information content (AvgIpc) is 3.24. The molecule has 1 fully saturated rings. The van der Waals surface area contributed by atoms with E-state index in [2.05, 4.69) is 34.1 Å². The first kappa shape index (κ1) is 20.8. The average molecular weight is 424 g/mol. The minimum Gasteiger partial charge on any atom is -0.379 e. The molecule has 5 nitrogen and oxygen atoms in total. The second-order valence-corrected chi connectivity index (χ2v) is 7.93. The van der Waals surface area contributed by atoms with Gasteiger partial charge in [0.05, 0.1) is 18.9 Å². The van der Waals surface area contributed by atoms with Gasteiger partial charge < -0.3 is 9.72 Å². The fourth-order valence-corrected chi connectivity index (χ4v) is 3.77. The lowest BCUT2D eigenvalue weighted by atomic mass is 10.1. The zero-order chi connectivity index (χ0) is 20.9. The van der Waals surface area contributed by atoms with E-state index in [0.29, 0.717) is 28.7 Å². The van der Waals surface area contributed by atoms with Crippen LogP contribution in [0.1, 0.15) is 29.4 Å². The van der Waals surface area contributed by atoms with Crippen molar-refractivity contribution in [2.45, 2.75) is 19.8 Å². The molecular formula is C24H26ClN3O2. The van der Waals surface area contributed by atoms with Crippen molar-refractivity contribution < 1.29 is 9.53 Å². The minimum atomic E-state index is 0.0424. The molecule has 2 heterocycles. The van der Waals surface area contributed by atoms with Crippen LogP contribution in [0.5, 0.6) is 0 Å². The van der Waals surface area contributed by atoms with Crippen molar-refractivity contribution in [3.05, 3.63) is 64.8 Å². The Morgan fingerprint density at radius 2 is 1.73 bits per heavy atom. The normalized spacial score (nSPS) is 14.7. The van der Waals surface area contributed by atoms with E-state index in [4.69, 9.17) is 21.3 Å². The molecule has 0 atom stereocenters. The molecular weight excluding hydrogens is 398 g/mol. The van der Waals surface area contributed by atoms with Gasteiger partial charge in [-0.1, -0.05) is 54.9 Å². The number of morpholine rings is 1. The predicted octanol–water partition coefficient (Wildman–Crippen LogP) is 4.86. The maximum absolute atomic E-state index is 12.5. The number of hydrogen-bond acceptors (Lipinski definition) is 4. The van der Waals surface area contributed by atoms with Crippen LogP contribution in [0.4, 0.5) is 0 Å². The second kappa shape index (κ2) is 9.56. The molecule has 1 N–H and O–H groups in total. The maximum Gasteiger partial charge on any atom is 0.181 e. The molecule has 0 spiro atoms. The SMILES string of the molecule is CCC(=O)c1[nH]c(-c2ccc(CCN3CCOCC3)cc2)nc1-c1ccc(Cl)cc1. The summed E-state index contributed by atoms with van der Waals surface area (Å²) < 4.78 is 5.41. The predicted molar refractivity (Wildman–Crippen MR) is 120 cm³/mol. The van der Waals surface area contributed by atoms with Crippen molar-refractivity contribution in [1.82, 2.24) is 14.9 Å².